The molecule has 0 bridgehead atoms. The van der Waals surface area contributed by atoms with Gasteiger partial charge in [-0.3, -0.25) is 9.59 Å². The fourth-order valence-electron chi connectivity index (χ4n) is 3.06. The minimum absolute atomic E-state index is 0.00360. The molecule has 0 saturated carbocycles. The van der Waals surface area contributed by atoms with E-state index in [1.165, 1.54) is 0 Å². The predicted octanol–water partition coefficient (Wildman–Crippen LogP) is -0.0790. The Bertz CT molecular complexity index is 366. The summed E-state index contributed by atoms with van der Waals surface area (Å²) in [6, 6.07) is 0. The van der Waals surface area contributed by atoms with E-state index in [1.54, 1.807) is 4.90 Å². The van der Waals surface area contributed by atoms with Crippen molar-refractivity contribution < 1.29 is 19.4 Å². The fourth-order valence-corrected chi connectivity index (χ4v) is 3.06. The lowest BCUT2D eigenvalue weighted by Crippen LogP contribution is -2.50. The molecule has 0 aromatic rings. The molecule has 0 radical (unpaired) electrons. The number of nitrogens with zero attached hydrogens (tertiary/aromatic N) is 1. The Balaban J connectivity index is 2.09. The van der Waals surface area contributed by atoms with Crippen LogP contribution >= 0.6 is 0 Å². The summed E-state index contributed by atoms with van der Waals surface area (Å²) in [5, 5.41) is 9.13. The smallest absolute Gasteiger partial charge is 0.308 e. The van der Waals surface area contributed by atoms with Crippen LogP contribution in [0, 0.1) is 17.3 Å². The number of aliphatic carboxylic acids is 1. The molecule has 1 amide bonds. The summed E-state index contributed by atoms with van der Waals surface area (Å²) >= 11 is 0. The monoisotopic (exact) mass is 270 g/mol. The molecule has 2 saturated heterocycles. The van der Waals surface area contributed by atoms with Crippen LogP contribution in [0.15, 0.2) is 0 Å². The van der Waals surface area contributed by atoms with Crippen LogP contribution in [-0.4, -0.2) is 54.7 Å². The lowest BCUT2D eigenvalue weighted by atomic mass is 9.79. The van der Waals surface area contributed by atoms with E-state index >= 15 is 0 Å². The highest BCUT2D eigenvalue weighted by Crippen LogP contribution is 2.34. The first-order chi connectivity index (χ1) is 9.00. The summed E-state index contributed by atoms with van der Waals surface area (Å²) in [5.74, 6) is -1.28. The minimum Gasteiger partial charge on any atom is -0.481 e. The van der Waals surface area contributed by atoms with E-state index in [-0.39, 0.29) is 11.8 Å². The highest BCUT2D eigenvalue weighted by molar-refractivity contribution is 5.84. The van der Waals surface area contributed by atoms with Gasteiger partial charge in [0.25, 0.3) is 0 Å². The summed E-state index contributed by atoms with van der Waals surface area (Å²) < 4.78 is 5.30. The molecule has 0 spiro atoms. The number of hydrogen-bond acceptors (Lipinski definition) is 4. The van der Waals surface area contributed by atoms with E-state index < -0.39 is 17.3 Å². The van der Waals surface area contributed by atoms with E-state index in [0.717, 1.165) is 0 Å². The first-order valence-corrected chi connectivity index (χ1v) is 6.80. The van der Waals surface area contributed by atoms with Crippen LogP contribution in [-0.2, 0) is 14.3 Å². The summed E-state index contributed by atoms with van der Waals surface area (Å²) in [4.78, 5) is 25.5. The Kier molecular flexibility index (Phi) is 4.10. The number of carboxylic acids is 1. The van der Waals surface area contributed by atoms with Gasteiger partial charge in [0.2, 0.25) is 5.91 Å². The number of amides is 1. The Hall–Kier alpha value is -1.14. The van der Waals surface area contributed by atoms with Crippen LogP contribution in [0.3, 0.4) is 0 Å². The zero-order valence-electron chi connectivity index (χ0n) is 11.3. The second kappa shape index (κ2) is 5.46. The third-order valence-corrected chi connectivity index (χ3v) is 4.51. The Morgan fingerprint density at radius 2 is 2.00 bits per heavy atom. The molecule has 2 heterocycles. The molecule has 3 N–H and O–H groups in total. The topological polar surface area (TPSA) is 92.9 Å². The van der Waals surface area contributed by atoms with Crippen molar-refractivity contribution >= 4 is 11.9 Å². The van der Waals surface area contributed by atoms with Gasteiger partial charge in [0, 0.05) is 32.8 Å². The summed E-state index contributed by atoms with van der Waals surface area (Å²) in [7, 11) is 0. The normalized spacial score (nSPS) is 30.3. The summed E-state index contributed by atoms with van der Waals surface area (Å²) in [5.41, 5.74) is 5.27. The van der Waals surface area contributed by atoms with Crippen molar-refractivity contribution in [3.05, 3.63) is 0 Å². The first-order valence-electron chi connectivity index (χ1n) is 6.80. The van der Waals surface area contributed by atoms with E-state index in [1.807, 2.05) is 6.92 Å². The van der Waals surface area contributed by atoms with Gasteiger partial charge in [0.05, 0.1) is 11.3 Å². The highest BCUT2D eigenvalue weighted by Gasteiger charge is 2.45. The van der Waals surface area contributed by atoms with E-state index in [9.17, 15) is 9.59 Å². The van der Waals surface area contributed by atoms with Gasteiger partial charge in [0.15, 0.2) is 0 Å². The van der Waals surface area contributed by atoms with Crippen molar-refractivity contribution in [2.75, 3.05) is 32.8 Å². The average molecular weight is 270 g/mol. The number of rotatable bonds is 3. The van der Waals surface area contributed by atoms with Crippen molar-refractivity contribution in [3.63, 3.8) is 0 Å². The first kappa shape index (κ1) is 14.3. The minimum atomic E-state index is -0.823. The van der Waals surface area contributed by atoms with E-state index in [4.69, 9.17) is 15.6 Å². The van der Waals surface area contributed by atoms with Gasteiger partial charge in [-0.25, -0.2) is 0 Å². The van der Waals surface area contributed by atoms with Crippen molar-refractivity contribution in [2.24, 2.45) is 23.0 Å². The molecule has 2 rings (SSSR count). The van der Waals surface area contributed by atoms with Crippen LogP contribution in [0.5, 0.6) is 0 Å². The maximum atomic E-state index is 12.7. The van der Waals surface area contributed by atoms with Gasteiger partial charge in [-0.05, 0) is 18.8 Å². The van der Waals surface area contributed by atoms with Gasteiger partial charge in [-0.2, -0.15) is 0 Å². The highest BCUT2D eigenvalue weighted by atomic mass is 16.5. The van der Waals surface area contributed by atoms with Gasteiger partial charge in [-0.1, -0.05) is 6.92 Å². The maximum absolute atomic E-state index is 12.7. The second-order valence-corrected chi connectivity index (χ2v) is 5.73. The molecule has 108 valence electrons. The van der Waals surface area contributed by atoms with Crippen molar-refractivity contribution in [1.82, 2.24) is 4.90 Å². The van der Waals surface area contributed by atoms with E-state index in [2.05, 4.69) is 0 Å². The number of hydrogen-bond donors (Lipinski definition) is 2. The molecule has 2 atom stereocenters. The van der Waals surface area contributed by atoms with Crippen molar-refractivity contribution in [1.29, 1.82) is 0 Å². The third-order valence-electron chi connectivity index (χ3n) is 4.51. The van der Waals surface area contributed by atoms with Crippen LogP contribution < -0.4 is 5.73 Å². The molecule has 6 nitrogen and oxygen atoms in total. The molecule has 6 heteroatoms. The van der Waals surface area contributed by atoms with Crippen molar-refractivity contribution in [2.45, 2.75) is 19.8 Å². The predicted molar refractivity (Wildman–Crippen MR) is 68.4 cm³/mol. The third kappa shape index (κ3) is 2.60. The molecule has 0 aliphatic carbocycles. The van der Waals surface area contributed by atoms with Crippen LogP contribution in [0.4, 0.5) is 0 Å². The number of carbonyl (C=O) groups excluding carboxylic acids is 1. The molecule has 2 aliphatic heterocycles. The second-order valence-electron chi connectivity index (χ2n) is 5.73. The Labute approximate surface area is 112 Å². The number of ether oxygens (including phenoxy) is 1. The molecule has 2 fully saturated rings. The van der Waals surface area contributed by atoms with Gasteiger partial charge >= 0.3 is 5.97 Å². The van der Waals surface area contributed by atoms with Gasteiger partial charge in [0.1, 0.15) is 0 Å². The molecule has 19 heavy (non-hydrogen) atoms. The standard InChI is InChI=1S/C13H22N2O4/c1-9-6-15(7-10(9)11(16)17)12(18)13(8-14)2-4-19-5-3-13/h9-10H,2-8,14H2,1H3,(H,16,17). The number of carbonyl (C=O) groups is 2. The zero-order chi connectivity index (χ0) is 14.0. The Morgan fingerprint density at radius 1 is 1.37 bits per heavy atom. The summed E-state index contributed by atoms with van der Waals surface area (Å²) in [6.07, 6.45) is 1.26. The lowest BCUT2D eigenvalue weighted by Gasteiger charge is -2.37. The molecule has 2 aliphatic rings. The zero-order valence-corrected chi connectivity index (χ0v) is 11.3. The average Bonchev–Trinajstić information content (AvgIpc) is 2.81. The van der Waals surface area contributed by atoms with Crippen LogP contribution in [0.2, 0.25) is 0 Å². The number of nitrogens with two attached hydrogens (primary N) is 1. The SMILES string of the molecule is CC1CN(C(=O)C2(CN)CCOCC2)CC1C(=O)O. The maximum Gasteiger partial charge on any atom is 0.308 e. The number of carboxylic acid groups (broad SMARTS) is 1. The molecule has 0 aromatic heterocycles. The van der Waals surface area contributed by atoms with Gasteiger partial charge in [-0.15, -0.1) is 0 Å². The molecule has 0 aromatic carbocycles. The molecule has 2 unspecified atom stereocenters. The number of likely N-dealkylation sites (tertiary alicyclic amines) is 1. The lowest BCUT2D eigenvalue weighted by molar-refractivity contribution is -0.147. The van der Waals surface area contributed by atoms with Crippen LogP contribution in [0.1, 0.15) is 19.8 Å². The molecular weight excluding hydrogens is 248 g/mol. The van der Waals surface area contributed by atoms with Gasteiger partial charge < -0.3 is 20.5 Å². The van der Waals surface area contributed by atoms with Crippen LogP contribution in [0.25, 0.3) is 0 Å². The quantitative estimate of drug-likeness (QED) is 0.748. The largest absolute Gasteiger partial charge is 0.481 e. The molecular formula is C13H22N2O4. The Morgan fingerprint density at radius 3 is 2.47 bits per heavy atom. The van der Waals surface area contributed by atoms with E-state index in [0.29, 0.717) is 45.7 Å². The summed E-state index contributed by atoms with van der Waals surface area (Å²) in [6.45, 7) is 4.10. The fraction of sp³-hybridized carbons (Fsp3) is 0.846. The van der Waals surface area contributed by atoms with Crippen molar-refractivity contribution in [3.8, 4) is 0 Å².